The molecule has 0 amide bonds. The van der Waals surface area contributed by atoms with Crippen LogP contribution in [0.2, 0.25) is 5.04 Å². The largest absolute Gasteiger partial charge is 0.496 e. The molecule has 0 radical (unpaired) electrons. The second-order valence-corrected chi connectivity index (χ2v) is 18.1. The highest BCUT2D eigenvalue weighted by molar-refractivity contribution is 9.41. The van der Waals surface area contributed by atoms with Crippen molar-refractivity contribution in [3.8, 4) is 5.75 Å². The molecular formula is C24H29BrO2P2Si. The molecule has 0 aliphatic carbocycles. The van der Waals surface area contributed by atoms with Gasteiger partial charge in [-0.3, -0.25) is 0 Å². The second-order valence-electron chi connectivity index (χ2n) is 8.10. The summed E-state index contributed by atoms with van der Waals surface area (Å²) < 4.78 is 5.70. The van der Waals surface area contributed by atoms with Gasteiger partial charge in [-0.1, -0.05) is 110 Å². The third-order valence-electron chi connectivity index (χ3n) is 5.70. The summed E-state index contributed by atoms with van der Waals surface area (Å²) in [7, 11) is -0.442. The molecule has 1 N–H and O–H groups in total. The number of halogens is 1. The topological polar surface area (TPSA) is 29.5 Å². The summed E-state index contributed by atoms with van der Waals surface area (Å²) in [5.41, 5.74) is 2.50. The van der Waals surface area contributed by atoms with E-state index in [1.54, 1.807) is 7.11 Å². The fourth-order valence-electron chi connectivity index (χ4n) is 4.13. The van der Waals surface area contributed by atoms with Crippen molar-refractivity contribution in [1.82, 2.24) is 0 Å². The zero-order chi connectivity index (χ0) is 21.6. The Morgan fingerprint density at radius 1 is 0.933 bits per heavy atom. The van der Waals surface area contributed by atoms with Crippen molar-refractivity contribution in [2.24, 2.45) is 0 Å². The molecule has 0 fully saturated rings. The van der Waals surface area contributed by atoms with Gasteiger partial charge < -0.3 is 9.53 Å². The van der Waals surface area contributed by atoms with Crippen molar-refractivity contribution in [3.05, 3.63) is 90.0 Å². The van der Waals surface area contributed by atoms with Crippen molar-refractivity contribution in [2.75, 3.05) is 7.11 Å². The van der Waals surface area contributed by atoms with Crippen molar-refractivity contribution >= 4 is 49.4 Å². The van der Waals surface area contributed by atoms with Crippen LogP contribution in [-0.4, -0.2) is 20.2 Å². The molecule has 0 saturated carbocycles. The lowest BCUT2D eigenvalue weighted by Crippen LogP contribution is -2.65. The fraction of sp³-hybridized carbons (Fsp3) is 0.250. The van der Waals surface area contributed by atoms with Gasteiger partial charge in [-0.2, -0.15) is 0 Å². The Kier molecular flexibility index (Phi) is 8.29. The zero-order valence-electron chi connectivity index (χ0n) is 17.7. The SMILES string of the molecule is COc1ccc(CPPBr)cc1CC(C)(C)[Si](O)(c1ccccc1)c1ccccc1. The zero-order valence-corrected chi connectivity index (χ0v) is 22.2. The molecule has 3 rings (SSSR count). The van der Waals surface area contributed by atoms with Gasteiger partial charge in [0.15, 0.2) is 0 Å². The maximum absolute atomic E-state index is 12.4. The van der Waals surface area contributed by atoms with Crippen molar-refractivity contribution in [3.63, 3.8) is 0 Å². The number of methoxy groups -OCH3 is 1. The van der Waals surface area contributed by atoms with Crippen LogP contribution in [0.25, 0.3) is 0 Å². The number of rotatable bonds is 9. The monoisotopic (exact) mass is 518 g/mol. The molecule has 0 spiro atoms. The first-order valence-corrected chi connectivity index (χ1v) is 17.4. The highest BCUT2D eigenvalue weighted by atomic mass is 79.9. The summed E-state index contributed by atoms with van der Waals surface area (Å²) in [6, 6.07) is 26.9. The normalized spacial score (nSPS) is 12.8. The minimum atomic E-state index is -3.05. The predicted molar refractivity (Wildman–Crippen MR) is 140 cm³/mol. The van der Waals surface area contributed by atoms with Crippen LogP contribution in [-0.2, 0) is 12.6 Å². The summed E-state index contributed by atoms with van der Waals surface area (Å²) in [6.45, 7) is 5.20. The molecule has 2 unspecified atom stereocenters. The van der Waals surface area contributed by atoms with Crippen LogP contribution in [0.5, 0.6) is 5.75 Å². The van der Waals surface area contributed by atoms with E-state index in [9.17, 15) is 4.80 Å². The molecule has 0 aliphatic rings. The van der Waals surface area contributed by atoms with E-state index in [2.05, 4.69) is 71.8 Å². The highest BCUT2D eigenvalue weighted by Crippen LogP contribution is 2.46. The van der Waals surface area contributed by atoms with Gasteiger partial charge in [0.25, 0.3) is 8.32 Å². The Labute approximate surface area is 192 Å². The molecule has 0 aromatic heterocycles. The molecule has 2 nitrogen and oxygen atoms in total. The van der Waals surface area contributed by atoms with E-state index in [1.165, 1.54) is 11.1 Å². The third-order valence-corrected chi connectivity index (χ3v) is 14.3. The quantitative estimate of drug-likeness (QED) is 0.284. The van der Waals surface area contributed by atoms with Crippen LogP contribution in [0.4, 0.5) is 0 Å². The van der Waals surface area contributed by atoms with Crippen molar-refractivity contribution in [1.29, 1.82) is 0 Å². The van der Waals surface area contributed by atoms with Crippen LogP contribution in [0.15, 0.2) is 78.9 Å². The van der Waals surface area contributed by atoms with Crippen LogP contribution in [0.1, 0.15) is 25.0 Å². The van der Waals surface area contributed by atoms with Crippen molar-refractivity contribution in [2.45, 2.75) is 31.5 Å². The van der Waals surface area contributed by atoms with E-state index in [4.69, 9.17) is 4.74 Å². The molecule has 2 atom stereocenters. The van der Waals surface area contributed by atoms with Gasteiger partial charge >= 0.3 is 0 Å². The number of hydrogen-bond acceptors (Lipinski definition) is 2. The first-order chi connectivity index (χ1) is 14.4. The lowest BCUT2D eigenvalue weighted by Gasteiger charge is -2.41. The minimum absolute atomic E-state index is 0.346. The van der Waals surface area contributed by atoms with Crippen molar-refractivity contribution < 1.29 is 9.53 Å². The minimum Gasteiger partial charge on any atom is -0.496 e. The maximum Gasteiger partial charge on any atom is 0.258 e. The third kappa shape index (κ3) is 5.06. The van der Waals surface area contributed by atoms with Gasteiger partial charge in [0.1, 0.15) is 5.75 Å². The fourth-order valence-corrected chi connectivity index (χ4v) is 10.4. The Balaban J connectivity index is 2.07. The van der Waals surface area contributed by atoms with Crippen LogP contribution in [0.3, 0.4) is 0 Å². The first-order valence-electron chi connectivity index (χ1n) is 10.00. The van der Waals surface area contributed by atoms with Gasteiger partial charge in [-0.15, -0.1) is 0 Å². The molecular weight excluding hydrogens is 490 g/mol. The molecule has 3 aromatic carbocycles. The Bertz CT molecular complexity index is 912. The standard InChI is InChI=1S/C24H29BrO2P2Si/c1-24(2,17-20-16-19(18-28-29-25)14-15-23(20)27-3)30(26,21-10-6-4-7-11-21)22-12-8-5-9-13-22/h4-16,26,28-29H,17-18H2,1-3H3. The Morgan fingerprint density at radius 3 is 2.00 bits per heavy atom. The summed E-state index contributed by atoms with van der Waals surface area (Å²) in [6.07, 6.45) is 1.82. The predicted octanol–water partition coefficient (Wildman–Crippen LogP) is 5.85. The average Bonchev–Trinajstić information content (AvgIpc) is 2.78. The van der Waals surface area contributed by atoms with Gasteiger partial charge in [0.05, 0.1) is 7.11 Å². The summed E-state index contributed by atoms with van der Waals surface area (Å²) in [5, 5.41) is 1.73. The lowest BCUT2D eigenvalue weighted by molar-refractivity contribution is 0.404. The lowest BCUT2D eigenvalue weighted by atomic mass is 9.99. The molecule has 0 saturated heterocycles. The van der Waals surface area contributed by atoms with Crippen LogP contribution >= 0.6 is 30.7 Å². The number of benzene rings is 3. The van der Waals surface area contributed by atoms with E-state index < -0.39 is 8.32 Å². The molecule has 0 heterocycles. The van der Waals surface area contributed by atoms with Gasteiger partial charge in [0.2, 0.25) is 0 Å². The van der Waals surface area contributed by atoms with Gasteiger partial charge in [0, 0.05) is 0 Å². The molecule has 0 bridgehead atoms. The molecule has 6 heteroatoms. The number of ether oxygens (including phenoxy) is 1. The second kappa shape index (κ2) is 10.5. The Hall–Kier alpha value is -1.02. The first kappa shape index (κ1) is 23.6. The van der Waals surface area contributed by atoms with E-state index in [0.717, 1.165) is 43.9 Å². The molecule has 3 aromatic rings. The highest BCUT2D eigenvalue weighted by Gasteiger charge is 2.50. The van der Waals surface area contributed by atoms with Crippen LogP contribution < -0.4 is 15.1 Å². The molecule has 30 heavy (non-hydrogen) atoms. The van der Waals surface area contributed by atoms with E-state index in [-0.39, 0.29) is 5.04 Å². The summed E-state index contributed by atoms with van der Waals surface area (Å²) >= 11 is 3.57. The van der Waals surface area contributed by atoms with Gasteiger partial charge in [-0.25, -0.2) is 0 Å². The van der Waals surface area contributed by atoms with E-state index in [1.807, 2.05) is 36.4 Å². The van der Waals surface area contributed by atoms with E-state index in [0.29, 0.717) is 0 Å². The molecule has 0 aliphatic heterocycles. The Morgan fingerprint density at radius 2 is 1.50 bits per heavy atom. The van der Waals surface area contributed by atoms with Crippen LogP contribution in [0, 0.1) is 0 Å². The summed E-state index contributed by atoms with van der Waals surface area (Å²) in [5.74, 6) is 0.897. The maximum atomic E-state index is 12.4. The average molecular weight is 519 g/mol. The smallest absolute Gasteiger partial charge is 0.258 e. The molecule has 158 valence electrons. The summed E-state index contributed by atoms with van der Waals surface area (Å²) in [4.78, 5) is 12.4. The van der Waals surface area contributed by atoms with Gasteiger partial charge in [-0.05, 0) is 52.2 Å². The van der Waals surface area contributed by atoms with E-state index >= 15 is 0 Å². The number of hydrogen-bond donors (Lipinski definition) is 1.